The largest absolute Gasteiger partial charge is 0.573 e. The van der Waals surface area contributed by atoms with Crippen molar-refractivity contribution in [2.45, 2.75) is 12.5 Å². The highest BCUT2D eigenvalue weighted by molar-refractivity contribution is 5.57. The zero-order valence-corrected chi connectivity index (χ0v) is 13.3. The van der Waals surface area contributed by atoms with E-state index in [-0.39, 0.29) is 23.4 Å². The number of nitrogens with two attached hydrogens (primary N) is 1. The first-order valence-electron chi connectivity index (χ1n) is 7.28. The number of rotatable bonds is 6. The van der Waals surface area contributed by atoms with Crippen LogP contribution in [-0.4, -0.2) is 31.7 Å². The van der Waals surface area contributed by atoms with E-state index in [0.717, 1.165) is 12.1 Å². The summed E-state index contributed by atoms with van der Waals surface area (Å²) in [6.45, 7) is 0. The lowest BCUT2D eigenvalue weighted by atomic mass is 10.2. The van der Waals surface area contributed by atoms with Crippen molar-refractivity contribution in [3.8, 4) is 17.1 Å². The third kappa shape index (κ3) is 4.87. The Morgan fingerprint density at radius 1 is 1.15 bits per heavy atom. The number of anilines is 2. The number of nitrogens with zero attached hydrogens (tertiary/aromatic N) is 4. The predicted octanol–water partition coefficient (Wildman–Crippen LogP) is 2.10. The summed E-state index contributed by atoms with van der Waals surface area (Å²) < 4.78 is 45.3. The molecule has 1 unspecified atom stereocenters. The number of benzene rings is 1. The number of aromatic nitrogens is 4. The Labute approximate surface area is 149 Å². The van der Waals surface area contributed by atoms with Gasteiger partial charge in [-0.1, -0.05) is 5.16 Å². The molecule has 0 bridgehead atoms. The van der Waals surface area contributed by atoms with Crippen molar-refractivity contribution in [1.29, 1.82) is 0 Å². The van der Waals surface area contributed by atoms with Crippen molar-refractivity contribution >= 4 is 11.8 Å². The standard InChI is InChI=1S/C14H12F3N7O3/c15-14(16,17)26-8-3-1-7(2-4-8)12-22-13(27-24-12)21-10-6-19-9(5-20-10)11(18)23-25/h1-6,11,23,25H,18H2,(H,20,21,22,24). The quantitative estimate of drug-likeness (QED) is 0.369. The van der Waals surface area contributed by atoms with Crippen molar-refractivity contribution in [1.82, 2.24) is 25.6 Å². The Morgan fingerprint density at radius 3 is 2.48 bits per heavy atom. The maximum atomic E-state index is 12.2. The van der Waals surface area contributed by atoms with E-state index < -0.39 is 12.5 Å². The molecule has 13 heteroatoms. The number of hydroxylamine groups is 1. The third-order valence-corrected chi connectivity index (χ3v) is 3.14. The van der Waals surface area contributed by atoms with Crippen LogP contribution < -0.4 is 21.3 Å². The Balaban J connectivity index is 1.68. The number of nitrogens with one attached hydrogen (secondary N) is 2. The minimum absolute atomic E-state index is 0.00718. The van der Waals surface area contributed by atoms with E-state index in [1.165, 1.54) is 24.5 Å². The fourth-order valence-corrected chi connectivity index (χ4v) is 1.94. The lowest BCUT2D eigenvalue weighted by molar-refractivity contribution is -0.274. The summed E-state index contributed by atoms with van der Waals surface area (Å²) in [6, 6.07) is 4.97. The summed E-state index contributed by atoms with van der Waals surface area (Å²) in [5.41, 5.74) is 8.06. The summed E-state index contributed by atoms with van der Waals surface area (Å²) in [4.78, 5) is 12.1. The molecule has 0 spiro atoms. The van der Waals surface area contributed by atoms with E-state index in [1.807, 2.05) is 5.48 Å². The summed E-state index contributed by atoms with van der Waals surface area (Å²) in [7, 11) is 0. The highest BCUT2D eigenvalue weighted by Gasteiger charge is 2.31. The Morgan fingerprint density at radius 2 is 1.89 bits per heavy atom. The molecule has 10 nitrogen and oxygen atoms in total. The minimum atomic E-state index is -4.77. The van der Waals surface area contributed by atoms with Gasteiger partial charge in [0.05, 0.1) is 18.1 Å². The van der Waals surface area contributed by atoms with Crippen molar-refractivity contribution in [2.75, 3.05) is 5.32 Å². The van der Waals surface area contributed by atoms with Crippen LogP contribution in [-0.2, 0) is 0 Å². The second-order valence-electron chi connectivity index (χ2n) is 5.05. The summed E-state index contributed by atoms with van der Waals surface area (Å²) >= 11 is 0. The lowest BCUT2D eigenvalue weighted by Crippen LogP contribution is -2.26. The Bertz CT molecular complexity index is 884. The third-order valence-electron chi connectivity index (χ3n) is 3.14. The molecule has 2 heterocycles. The number of hydrogen-bond acceptors (Lipinski definition) is 10. The van der Waals surface area contributed by atoms with Crippen LogP contribution in [0.25, 0.3) is 11.4 Å². The number of halogens is 3. The maximum absolute atomic E-state index is 12.2. The van der Waals surface area contributed by atoms with Crippen LogP contribution in [0.3, 0.4) is 0 Å². The first-order chi connectivity index (χ1) is 12.8. The molecule has 0 amide bonds. The lowest BCUT2D eigenvalue weighted by Gasteiger charge is -2.08. The number of alkyl halides is 3. The van der Waals surface area contributed by atoms with E-state index >= 15 is 0 Å². The normalized spacial score (nSPS) is 12.6. The maximum Gasteiger partial charge on any atom is 0.573 e. The van der Waals surface area contributed by atoms with E-state index in [9.17, 15) is 13.2 Å². The monoisotopic (exact) mass is 383 g/mol. The molecule has 5 N–H and O–H groups in total. The van der Waals surface area contributed by atoms with Crippen LogP contribution in [0.5, 0.6) is 5.75 Å². The minimum Gasteiger partial charge on any atom is -0.406 e. The molecule has 2 aromatic heterocycles. The van der Waals surface area contributed by atoms with Crippen LogP contribution in [0.1, 0.15) is 11.9 Å². The molecular weight excluding hydrogens is 371 g/mol. The van der Waals surface area contributed by atoms with Crippen LogP contribution in [0.4, 0.5) is 25.0 Å². The molecule has 3 rings (SSSR count). The molecule has 0 fully saturated rings. The number of hydrogen-bond donors (Lipinski definition) is 4. The van der Waals surface area contributed by atoms with Crippen LogP contribution in [0.2, 0.25) is 0 Å². The molecule has 27 heavy (non-hydrogen) atoms. The first-order valence-corrected chi connectivity index (χ1v) is 7.28. The van der Waals surface area contributed by atoms with Crippen LogP contribution in [0, 0.1) is 0 Å². The average Bonchev–Trinajstić information content (AvgIpc) is 3.09. The van der Waals surface area contributed by atoms with Gasteiger partial charge in [0, 0.05) is 5.56 Å². The zero-order valence-electron chi connectivity index (χ0n) is 13.3. The molecule has 0 saturated carbocycles. The predicted molar refractivity (Wildman–Crippen MR) is 83.6 cm³/mol. The van der Waals surface area contributed by atoms with Gasteiger partial charge < -0.3 is 20.2 Å². The van der Waals surface area contributed by atoms with Gasteiger partial charge in [0.1, 0.15) is 11.9 Å². The Hall–Kier alpha value is -3.29. The first kappa shape index (κ1) is 18.5. The van der Waals surface area contributed by atoms with Gasteiger partial charge in [-0.15, -0.1) is 13.2 Å². The molecular formula is C14H12F3N7O3. The van der Waals surface area contributed by atoms with Crippen molar-refractivity contribution in [3.63, 3.8) is 0 Å². The van der Waals surface area contributed by atoms with Gasteiger partial charge in [-0.25, -0.2) is 4.98 Å². The number of ether oxygens (including phenoxy) is 1. The van der Waals surface area contributed by atoms with Crippen LogP contribution in [0.15, 0.2) is 41.2 Å². The molecule has 3 aromatic rings. The molecule has 1 atom stereocenters. The molecule has 0 radical (unpaired) electrons. The van der Waals surface area contributed by atoms with Gasteiger partial charge in [0.15, 0.2) is 5.82 Å². The molecule has 142 valence electrons. The second kappa shape index (κ2) is 7.53. The average molecular weight is 383 g/mol. The molecule has 0 aliphatic rings. The van der Waals surface area contributed by atoms with E-state index in [4.69, 9.17) is 15.5 Å². The zero-order chi connectivity index (χ0) is 19.4. The van der Waals surface area contributed by atoms with E-state index in [1.54, 1.807) is 0 Å². The Kier molecular flexibility index (Phi) is 5.16. The second-order valence-corrected chi connectivity index (χ2v) is 5.05. The van der Waals surface area contributed by atoms with Gasteiger partial charge in [0.25, 0.3) is 0 Å². The van der Waals surface area contributed by atoms with Crippen molar-refractivity contribution in [3.05, 3.63) is 42.4 Å². The topological polar surface area (TPSA) is 144 Å². The van der Waals surface area contributed by atoms with Crippen molar-refractivity contribution in [2.24, 2.45) is 5.73 Å². The molecule has 1 aromatic carbocycles. The summed E-state index contributed by atoms with van der Waals surface area (Å²) in [5, 5.41) is 15.2. The molecule has 0 saturated heterocycles. The van der Waals surface area contributed by atoms with Crippen molar-refractivity contribution < 1.29 is 27.6 Å². The van der Waals surface area contributed by atoms with E-state index in [2.05, 4.69) is 30.2 Å². The summed E-state index contributed by atoms with van der Waals surface area (Å²) in [6.07, 6.45) is -2.99. The SMILES string of the molecule is NC(NO)c1cnc(Nc2nc(-c3ccc(OC(F)(F)F)cc3)no2)cn1. The summed E-state index contributed by atoms with van der Waals surface area (Å²) in [5.74, 6) is 0.0548. The van der Waals surface area contributed by atoms with Gasteiger partial charge >= 0.3 is 12.4 Å². The van der Waals surface area contributed by atoms with E-state index in [0.29, 0.717) is 11.3 Å². The van der Waals surface area contributed by atoms with Gasteiger partial charge in [-0.2, -0.15) is 10.5 Å². The highest BCUT2D eigenvalue weighted by atomic mass is 19.4. The highest BCUT2D eigenvalue weighted by Crippen LogP contribution is 2.26. The fourth-order valence-electron chi connectivity index (χ4n) is 1.94. The van der Waals surface area contributed by atoms with Gasteiger partial charge in [0.2, 0.25) is 5.82 Å². The molecule has 0 aliphatic heterocycles. The molecule has 0 aliphatic carbocycles. The van der Waals surface area contributed by atoms with Gasteiger partial charge in [-0.05, 0) is 24.3 Å². The van der Waals surface area contributed by atoms with Gasteiger partial charge in [-0.3, -0.25) is 10.3 Å². The fraction of sp³-hybridized carbons (Fsp3) is 0.143. The smallest absolute Gasteiger partial charge is 0.406 e. The van der Waals surface area contributed by atoms with Crippen LogP contribution >= 0.6 is 0 Å².